The van der Waals surface area contributed by atoms with E-state index in [0.29, 0.717) is 5.82 Å². The third kappa shape index (κ3) is 2.17. The molecule has 0 radical (unpaired) electrons. The number of aryl methyl sites for hydroxylation is 1. The summed E-state index contributed by atoms with van der Waals surface area (Å²) < 4.78 is 0. The number of anilines is 1. The highest BCUT2D eigenvalue weighted by Gasteiger charge is 2.02. The predicted molar refractivity (Wildman–Crippen MR) is 68.4 cm³/mol. The van der Waals surface area contributed by atoms with Crippen LogP contribution in [0.2, 0.25) is 0 Å². The highest BCUT2D eigenvalue weighted by atomic mass is 32.2. The van der Waals surface area contributed by atoms with E-state index in [4.69, 9.17) is 5.73 Å². The molecular weight excluding hydrogens is 218 g/mol. The summed E-state index contributed by atoms with van der Waals surface area (Å²) in [6.07, 6.45) is 2.06. The second kappa shape index (κ2) is 4.53. The first-order valence-electron chi connectivity index (χ1n) is 4.95. The van der Waals surface area contributed by atoms with Crippen molar-refractivity contribution in [2.45, 2.75) is 11.8 Å². The summed E-state index contributed by atoms with van der Waals surface area (Å²) in [6.45, 7) is 1.93. The molecule has 0 atom stereocenters. The van der Waals surface area contributed by atoms with Gasteiger partial charge in [-0.2, -0.15) is 0 Å². The number of nitrogens with two attached hydrogens (primary N) is 1. The van der Waals surface area contributed by atoms with E-state index in [-0.39, 0.29) is 0 Å². The second-order valence-electron chi connectivity index (χ2n) is 3.53. The van der Waals surface area contributed by atoms with Crippen molar-refractivity contribution in [3.63, 3.8) is 0 Å². The van der Waals surface area contributed by atoms with Gasteiger partial charge in [0, 0.05) is 10.5 Å². The molecule has 2 aromatic rings. The van der Waals surface area contributed by atoms with Gasteiger partial charge in [-0.15, -0.1) is 22.0 Å². The van der Waals surface area contributed by atoms with Crippen molar-refractivity contribution in [2.24, 2.45) is 0 Å². The van der Waals surface area contributed by atoms with Crippen molar-refractivity contribution in [1.82, 2.24) is 10.2 Å². The molecule has 3 nitrogen and oxygen atoms in total. The van der Waals surface area contributed by atoms with Gasteiger partial charge in [-0.05, 0) is 36.9 Å². The molecule has 1 heterocycles. The average Bonchev–Trinajstić information content (AvgIpc) is 2.33. The maximum atomic E-state index is 5.64. The molecule has 2 N–H and O–H groups in total. The number of rotatable bonds is 2. The molecule has 1 aromatic heterocycles. The van der Waals surface area contributed by atoms with Crippen LogP contribution in [0.15, 0.2) is 35.2 Å². The first kappa shape index (κ1) is 11.0. The van der Waals surface area contributed by atoms with Crippen molar-refractivity contribution in [3.05, 3.63) is 35.9 Å². The number of nitrogens with zero attached hydrogens (tertiary/aromatic N) is 2. The molecule has 16 heavy (non-hydrogen) atoms. The Kier molecular flexibility index (Phi) is 3.10. The molecule has 0 aliphatic carbocycles. The third-order valence-corrected chi connectivity index (χ3v) is 3.15. The monoisotopic (exact) mass is 231 g/mol. The molecule has 0 fully saturated rings. The molecule has 1 aromatic carbocycles. The van der Waals surface area contributed by atoms with E-state index in [1.807, 2.05) is 25.1 Å². The third-order valence-electron chi connectivity index (χ3n) is 2.41. The number of thioether (sulfide) groups is 1. The van der Waals surface area contributed by atoms with Crippen LogP contribution in [-0.4, -0.2) is 16.5 Å². The minimum atomic E-state index is 0.490. The van der Waals surface area contributed by atoms with Crippen LogP contribution in [0.5, 0.6) is 0 Å². The lowest BCUT2D eigenvalue weighted by Crippen LogP contribution is -1.97. The Bertz CT molecular complexity index is 494. The Morgan fingerprint density at radius 3 is 2.38 bits per heavy atom. The van der Waals surface area contributed by atoms with Crippen LogP contribution in [0.3, 0.4) is 0 Å². The van der Waals surface area contributed by atoms with Gasteiger partial charge in [0.2, 0.25) is 0 Å². The van der Waals surface area contributed by atoms with Gasteiger partial charge in [-0.3, -0.25) is 0 Å². The van der Waals surface area contributed by atoms with Gasteiger partial charge < -0.3 is 5.73 Å². The summed E-state index contributed by atoms with van der Waals surface area (Å²) in [5, 5.41) is 8.00. The van der Waals surface area contributed by atoms with E-state index in [2.05, 4.69) is 28.6 Å². The normalized spacial score (nSPS) is 10.4. The van der Waals surface area contributed by atoms with Gasteiger partial charge in [-0.25, -0.2) is 0 Å². The Morgan fingerprint density at radius 1 is 1.12 bits per heavy atom. The van der Waals surface area contributed by atoms with E-state index < -0.39 is 0 Å². The van der Waals surface area contributed by atoms with Crippen LogP contribution in [0.1, 0.15) is 5.56 Å². The Hall–Kier alpha value is -1.55. The van der Waals surface area contributed by atoms with Crippen molar-refractivity contribution in [1.29, 1.82) is 0 Å². The molecule has 2 rings (SSSR count). The van der Waals surface area contributed by atoms with Crippen LogP contribution in [0, 0.1) is 6.92 Å². The van der Waals surface area contributed by atoms with Crippen LogP contribution in [0.25, 0.3) is 11.3 Å². The van der Waals surface area contributed by atoms with Crippen molar-refractivity contribution >= 4 is 17.6 Å². The average molecular weight is 231 g/mol. The number of benzene rings is 1. The quantitative estimate of drug-likeness (QED) is 0.807. The second-order valence-corrected chi connectivity index (χ2v) is 4.41. The number of hydrogen-bond acceptors (Lipinski definition) is 4. The fourth-order valence-corrected chi connectivity index (χ4v) is 1.81. The van der Waals surface area contributed by atoms with E-state index in [0.717, 1.165) is 16.8 Å². The molecule has 0 amide bonds. The van der Waals surface area contributed by atoms with Crippen LogP contribution < -0.4 is 5.73 Å². The predicted octanol–water partition coefficient (Wildman–Crippen LogP) is 2.76. The minimum absolute atomic E-state index is 0.490. The van der Waals surface area contributed by atoms with Gasteiger partial charge in [0.05, 0.1) is 5.69 Å². The fourth-order valence-electron chi connectivity index (χ4n) is 1.40. The summed E-state index contributed by atoms with van der Waals surface area (Å²) in [7, 11) is 0. The van der Waals surface area contributed by atoms with E-state index in [1.165, 1.54) is 4.90 Å². The molecule has 82 valence electrons. The zero-order valence-corrected chi connectivity index (χ0v) is 10.1. The number of nitrogen functional groups attached to an aromatic ring is 1. The lowest BCUT2D eigenvalue weighted by molar-refractivity contribution is 1.03. The standard InChI is InChI=1S/C12H13N3S/c1-8-7-11(14-15-12(8)13)9-3-5-10(16-2)6-4-9/h3-7H,1-2H3,(H2,13,15). The van der Waals surface area contributed by atoms with Gasteiger partial charge in [0.25, 0.3) is 0 Å². The largest absolute Gasteiger partial charge is 0.382 e. The molecule has 0 aliphatic rings. The van der Waals surface area contributed by atoms with Crippen LogP contribution >= 0.6 is 11.8 Å². The molecule has 0 aliphatic heterocycles. The van der Waals surface area contributed by atoms with Crippen molar-refractivity contribution in [2.75, 3.05) is 12.0 Å². The first-order valence-corrected chi connectivity index (χ1v) is 6.17. The zero-order chi connectivity index (χ0) is 11.5. The molecular formula is C12H13N3S. The van der Waals surface area contributed by atoms with E-state index >= 15 is 0 Å². The summed E-state index contributed by atoms with van der Waals surface area (Å²) >= 11 is 1.72. The lowest BCUT2D eigenvalue weighted by atomic mass is 10.1. The fraction of sp³-hybridized carbons (Fsp3) is 0.167. The lowest BCUT2D eigenvalue weighted by Gasteiger charge is -2.03. The first-order chi connectivity index (χ1) is 7.70. The van der Waals surface area contributed by atoms with Crippen LogP contribution in [0.4, 0.5) is 5.82 Å². The Labute approximate surface area is 99.1 Å². The summed E-state index contributed by atoms with van der Waals surface area (Å²) in [5.74, 6) is 0.490. The molecule has 0 saturated carbocycles. The maximum Gasteiger partial charge on any atom is 0.149 e. The summed E-state index contributed by atoms with van der Waals surface area (Å²) in [6, 6.07) is 10.2. The highest BCUT2D eigenvalue weighted by molar-refractivity contribution is 7.98. The highest BCUT2D eigenvalue weighted by Crippen LogP contribution is 2.22. The summed E-state index contributed by atoms with van der Waals surface area (Å²) in [4.78, 5) is 1.24. The van der Waals surface area contributed by atoms with Gasteiger partial charge in [0.15, 0.2) is 0 Å². The molecule has 0 bridgehead atoms. The van der Waals surface area contributed by atoms with Crippen molar-refractivity contribution in [3.8, 4) is 11.3 Å². The Morgan fingerprint density at radius 2 is 1.81 bits per heavy atom. The zero-order valence-electron chi connectivity index (χ0n) is 9.27. The molecule has 0 unspecified atom stereocenters. The number of hydrogen-bond donors (Lipinski definition) is 1. The SMILES string of the molecule is CSc1ccc(-c2cc(C)c(N)nn2)cc1. The maximum absolute atomic E-state index is 5.64. The van der Waals surface area contributed by atoms with Crippen LogP contribution in [-0.2, 0) is 0 Å². The number of aromatic nitrogens is 2. The topological polar surface area (TPSA) is 51.8 Å². The molecule has 0 spiro atoms. The summed E-state index contributed by atoms with van der Waals surface area (Å²) in [5.41, 5.74) is 8.52. The van der Waals surface area contributed by atoms with E-state index in [1.54, 1.807) is 11.8 Å². The van der Waals surface area contributed by atoms with Gasteiger partial charge >= 0.3 is 0 Å². The van der Waals surface area contributed by atoms with Gasteiger partial charge in [-0.1, -0.05) is 12.1 Å². The smallest absolute Gasteiger partial charge is 0.149 e. The minimum Gasteiger partial charge on any atom is -0.382 e. The Balaban J connectivity index is 2.38. The molecule has 4 heteroatoms. The molecule has 0 saturated heterocycles. The van der Waals surface area contributed by atoms with Gasteiger partial charge in [0.1, 0.15) is 5.82 Å². The van der Waals surface area contributed by atoms with Crippen molar-refractivity contribution < 1.29 is 0 Å². The van der Waals surface area contributed by atoms with E-state index in [9.17, 15) is 0 Å².